The third kappa shape index (κ3) is 5.78. The Balaban J connectivity index is 1.47. The molecule has 1 aliphatic heterocycles. The van der Waals surface area contributed by atoms with Gasteiger partial charge in [0.2, 0.25) is 0 Å². The van der Waals surface area contributed by atoms with Crippen molar-refractivity contribution in [2.75, 3.05) is 19.7 Å². The lowest BCUT2D eigenvalue weighted by Crippen LogP contribution is -2.47. The third-order valence-electron chi connectivity index (χ3n) is 4.51. The first kappa shape index (κ1) is 20.3. The number of ether oxygens (including phenoxy) is 2. The van der Waals surface area contributed by atoms with E-state index in [4.69, 9.17) is 21.7 Å². The van der Waals surface area contributed by atoms with Crippen molar-refractivity contribution in [3.8, 4) is 5.75 Å². The summed E-state index contributed by atoms with van der Waals surface area (Å²) in [4.78, 5) is 15.0. The fraction of sp³-hybridized carbons (Fsp3) is 0.364. The van der Waals surface area contributed by atoms with Crippen LogP contribution in [0.2, 0.25) is 0 Å². The van der Waals surface area contributed by atoms with Gasteiger partial charge in [0.1, 0.15) is 10.7 Å². The minimum absolute atomic E-state index is 0.0187. The Morgan fingerprint density at radius 1 is 1.11 bits per heavy atom. The van der Waals surface area contributed by atoms with Crippen LogP contribution in [0, 0.1) is 0 Å². The van der Waals surface area contributed by atoms with Gasteiger partial charge in [0, 0.05) is 25.2 Å². The highest BCUT2D eigenvalue weighted by Crippen LogP contribution is 2.18. The number of rotatable bonds is 6. The fourth-order valence-electron chi connectivity index (χ4n) is 3.22. The van der Waals surface area contributed by atoms with E-state index >= 15 is 0 Å². The zero-order chi connectivity index (χ0) is 19.9. The van der Waals surface area contributed by atoms with Crippen molar-refractivity contribution in [3.63, 3.8) is 0 Å². The molecule has 1 N–H and O–H groups in total. The lowest BCUT2D eigenvalue weighted by atomic mass is 10.1. The summed E-state index contributed by atoms with van der Waals surface area (Å²) in [5, 5.41) is 2.85. The molecule has 0 radical (unpaired) electrons. The summed E-state index contributed by atoms with van der Waals surface area (Å²) >= 11 is 5.64. The van der Waals surface area contributed by atoms with E-state index in [0.29, 0.717) is 12.3 Å². The Morgan fingerprint density at radius 2 is 1.75 bits per heavy atom. The molecule has 1 saturated heterocycles. The number of nitrogens with zero attached hydrogens (tertiary/aromatic N) is 1. The van der Waals surface area contributed by atoms with Gasteiger partial charge in [0.15, 0.2) is 6.61 Å². The molecule has 0 bridgehead atoms. The van der Waals surface area contributed by atoms with Crippen LogP contribution >= 0.6 is 12.2 Å². The van der Waals surface area contributed by atoms with Crippen LogP contribution in [0.15, 0.2) is 54.6 Å². The number of carbonyl (C=O) groups excluding carboxylic acids is 1. The number of hydrogen-bond donors (Lipinski definition) is 1. The molecule has 6 heteroatoms. The summed E-state index contributed by atoms with van der Waals surface area (Å²) < 4.78 is 11.3. The smallest absolute Gasteiger partial charge is 0.258 e. The molecule has 0 saturated carbocycles. The summed E-state index contributed by atoms with van der Waals surface area (Å²) in [7, 11) is 0. The number of benzene rings is 2. The summed E-state index contributed by atoms with van der Waals surface area (Å²) in [6, 6.07) is 17.3. The van der Waals surface area contributed by atoms with Gasteiger partial charge in [-0.1, -0.05) is 42.5 Å². The molecule has 28 heavy (non-hydrogen) atoms. The second-order valence-corrected chi connectivity index (χ2v) is 7.43. The van der Waals surface area contributed by atoms with E-state index in [1.54, 1.807) is 0 Å². The van der Waals surface area contributed by atoms with E-state index in [2.05, 4.69) is 24.1 Å². The molecule has 0 spiro atoms. The lowest BCUT2D eigenvalue weighted by molar-refractivity contribution is -0.123. The van der Waals surface area contributed by atoms with Crippen LogP contribution in [0.5, 0.6) is 5.75 Å². The number of hydrogen-bond acceptors (Lipinski definition) is 4. The molecular weight excluding hydrogens is 372 g/mol. The second-order valence-electron chi connectivity index (χ2n) is 7.04. The molecule has 2 aromatic carbocycles. The van der Waals surface area contributed by atoms with E-state index in [1.807, 2.05) is 54.6 Å². The third-order valence-corrected chi connectivity index (χ3v) is 5.00. The van der Waals surface area contributed by atoms with Gasteiger partial charge >= 0.3 is 0 Å². The summed E-state index contributed by atoms with van der Waals surface area (Å²) in [6.45, 7) is 6.18. The van der Waals surface area contributed by atoms with Crippen molar-refractivity contribution in [1.82, 2.24) is 10.2 Å². The van der Waals surface area contributed by atoms with Crippen molar-refractivity contribution in [3.05, 3.63) is 65.7 Å². The summed E-state index contributed by atoms with van der Waals surface area (Å²) in [5.74, 6) is 0.491. The maximum absolute atomic E-state index is 12.0. The van der Waals surface area contributed by atoms with Gasteiger partial charge in [0.25, 0.3) is 5.91 Å². The van der Waals surface area contributed by atoms with Gasteiger partial charge in [-0.15, -0.1) is 0 Å². The Bertz CT molecular complexity index is 785. The maximum Gasteiger partial charge on any atom is 0.258 e. The number of morpholine rings is 1. The minimum Gasteiger partial charge on any atom is -0.484 e. The zero-order valence-corrected chi connectivity index (χ0v) is 17.1. The Hall–Kier alpha value is -2.44. The lowest BCUT2D eigenvalue weighted by Gasteiger charge is -2.37. The standard InChI is InChI=1S/C22H26N2O3S/c1-16-13-24(14-17(2)27-16)22(28)19-8-10-20(11-9-19)26-15-21(25)23-12-18-6-4-3-5-7-18/h3-11,16-17H,12-15H2,1-2H3,(H,23,25)/t16-,17+. The van der Waals surface area contributed by atoms with Crippen LogP contribution in [0.25, 0.3) is 0 Å². The quantitative estimate of drug-likeness (QED) is 0.758. The fourth-order valence-corrected chi connectivity index (χ4v) is 3.50. The predicted molar refractivity (Wildman–Crippen MR) is 114 cm³/mol. The second kappa shape index (κ2) is 9.66. The normalized spacial score (nSPS) is 19.1. The Kier molecular flexibility index (Phi) is 7.01. The summed E-state index contributed by atoms with van der Waals surface area (Å²) in [6.07, 6.45) is 0.331. The van der Waals surface area contributed by atoms with Crippen LogP contribution in [0.4, 0.5) is 0 Å². The van der Waals surface area contributed by atoms with E-state index in [9.17, 15) is 4.79 Å². The predicted octanol–water partition coefficient (Wildman–Crippen LogP) is 3.17. The van der Waals surface area contributed by atoms with Crippen LogP contribution in [0.3, 0.4) is 0 Å². The highest BCUT2D eigenvalue weighted by atomic mass is 32.1. The highest BCUT2D eigenvalue weighted by Gasteiger charge is 2.24. The Morgan fingerprint density at radius 3 is 2.39 bits per heavy atom. The van der Waals surface area contributed by atoms with E-state index in [0.717, 1.165) is 29.2 Å². The molecular formula is C22H26N2O3S. The van der Waals surface area contributed by atoms with E-state index in [1.165, 1.54) is 0 Å². The van der Waals surface area contributed by atoms with Gasteiger partial charge in [0.05, 0.1) is 12.2 Å². The van der Waals surface area contributed by atoms with Gasteiger partial charge in [-0.25, -0.2) is 0 Å². The van der Waals surface area contributed by atoms with Gasteiger partial charge in [-0.2, -0.15) is 0 Å². The highest BCUT2D eigenvalue weighted by molar-refractivity contribution is 7.80. The molecule has 2 aromatic rings. The first-order valence-electron chi connectivity index (χ1n) is 9.49. The van der Waals surface area contributed by atoms with E-state index < -0.39 is 0 Å². The van der Waals surface area contributed by atoms with Crippen molar-refractivity contribution in [1.29, 1.82) is 0 Å². The number of amides is 1. The van der Waals surface area contributed by atoms with Gasteiger partial charge in [-0.05, 0) is 43.7 Å². The molecule has 5 nitrogen and oxygen atoms in total. The van der Waals surface area contributed by atoms with Crippen LogP contribution in [0.1, 0.15) is 25.0 Å². The van der Waals surface area contributed by atoms with Crippen LogP contribution in [-0.4, -0.2) is 47.7 Å². The van der Waals surface area contributed by atoms with Crippen molar-refractivity contribution >= 4 is 23.1 Å². The maximum atomic E-state index is 12.0. The van der Waals surface area contributed by atoms with Gasteiger partial charge in [-0.3, -0.25) is 4.79 Å². The average molecular weight is 399 g/mol. The molecule has 2 atom stereocenters. The molecule has 1 fully saturated rings. The molecule has 1 aliphatic rings. The molecule has 1 heterocycles. The van der Waals surface area contributed by atoms with Crippen molar-refractivity contribution < 1.29 is 14.3 Å². The number of carbonyl (C=O) groups is 1. The first-order valence-corrected chi connectivity index (χ1v) is 9.90. The number of thiocarbonyl (C=S) groups is 1. The van der Waals surface area contributed by atoms with Gasteiger partial charge < -0.3 is 19.7 Å². The molecule has 3 rings (SSSR count). The monoisotopic (exact) mass is 398 g/mol. The minimum atomic E-state index is -0.153. The Labute approximate surface area is 171 Å². The molecule has 148 valence electrons. The topological polar surface area (TPSA) is 50.8 Å². The molecule has 1 amide bonds. The van der Waals surface area contributed by atoms with Crippen molar-refractivity contribution in [2.24, 2.45) is 0 Å². The SMILES string of the molecule is C[C@@H]1CN(C(=S)c2ccc(OCC(=O)NCc3ccccc3)cc2)C[C@H](C)O1. The van der Waals surface area contributed by atoms with Crippen LogP contribution < -0.4 is 10.1 Å². The van der Waals surface area contributed by atoms with Crippen molar-refractivity contribution in [2.45, 2.75) is 32.6 Å². The average Bonchev–Trinajstić information content (AvgIpc) is 2.70. The first-order chi connectivity index (χ1) is 13.5. The molecule has 0 aliphatic carbocycles. The molecule has 0 unspecified atom stereocenters. The van der Waals surface area contributed by atoms with E-state index in [-0.39, 0.29) is 24.7 Å². The zero-order valence-electron chi connectivity index (χ0n) is 16.3. The van der Waals surface area contributed by atoms with Crippen LogP contribution in [-0.2, 0) is 16.1 Å². The number of nitrogens with one attached hydrogen (secondary N) is 1. The molecule has 0 aromatic heterocycles. The largest absolute Gasteiger partial charge is 0.484 e. The summed E-state index contributed by atoms with van der Waals surface area (Å²) in [5.41, 5.74) is 2.03.